The molecule has 0 radical (unpaired) electrons. The highest BCUT2D eigenvalue weighted by Crippen LogP contribution is 2.15. The monoisotopic (exact) mass is 211 g/mol. The molecule has 0 aliphatic rings. The van der Waals surface area contributed by atoms with E-state index < -0.39 is 0 Å². The van der Waals surface area contributed by atoms with E-state index in [0.29, 0.717) is 17.9 Å². The van der Waals surface area contributed by atoms with Crippen LogP contribution in [0.25, 0.3) is 0 Å². The number of hydrogen-bond acceptors (Lipinski definition) is 3. The molecule has 1 aromatic rings. The molecule has 0 bridgehead atoms. The van der Waals surface area contributed by atoms with Gasteiger partial charge in [0, 0.05) is 30.9 Å². The van der Waals surface area contributed by atoms with E-state index in [9.17, 15) is 4.39 Å². The second-order valence-electron chi connectivity index (χ2n) is 4.49. The Labute approximate surface area is 90.1 Å². The van der Waals surface area contributed by atoms with Crippen molar-refractivity contribution >= 4 is 5.82 Å². The molecule has 0 atom stereocenters. The van der Waals surface area contributed by atoms with Crippen molar-refractivity contribution in [2.24, 2.45) is 0 Å². The molecule has 15 heavy (non-hydrogen) atoms. The number of hydrogen-bond donors (Lipinski definition) is 2. The highest BCUT2D eigenvalue weighted by molar-refractivity contribution is 5.39. The molecule has 84 valence electrons. The van der Waals surface area contributed by atoms with E-state index in [1.165, 1.54) is 0 Å². The molecule has 1 rings (SSSR count). The minimum Gasteiger partial charge on any atom is -0.371 e. The molecule has 0 aliphatic heterocycles. The molecule has 1 aromatic heterocycles. The summed E-state index contributed by atoms with van der Waals surface area (Å²) in [7, 11) is 1.66. The van der Waals surface area contributed by atoms with Crippen molar-refractivity contribution in [3.63, 3.8) is 0 Å². The number of pyridine rings is 1. The van der Waals surface area contributed by atoms with E-state index in [-0.39, 0.29) is 11.4 Å². The molecule has 0 fully saturated rings. The van der Waals surface area contributed by atoms with Crippen molar-refractivity contribution in [1.82, 2.24) is 10.3 Å². The number of nitrogens with one attached hydrogen (secondary N) is 2. The highest BCUT2D eigenvalue weighted by atomic mass is 19.1. The lowest BCUT2D eigenvalue weighted by Gasteiger charge is -2.20. The molecule has 1 heterocycles. The predicted octanol–water partition coefficient (Wildman–Crippen LogP) is 2.15. The van der Waals surface area contributed by atoms with Crippen LogP contribution in [-0.4, -0.2) is 17.6 Å². The summed E-state index contributed by atoms with van der Waals surface area (Å²) in [5.74, 6) is 0.0139. The van der Waals surface area contributed by atoms with Gasteiger partial charge in [0.05, 0.1) is 0 Å². The van der Waals surface area contributed by atoms with Crippen LogP contribution in [0.3, 0.4) is 0 Å². The molecule has 0 unspecified atom stereocenters. The van der Waals surface area contributed by atoms with Gasteiger partial charge in [-0.3, -0.25) is 0 Å². The first-order valence-corrected chi connectivity index (χ1v) is 5.00. The third-order valence-electron chi connectivity index (χ3n) is 2.02. The van der Waals surface area contributed by atoms with Crippen LogP contribution in [0.1, 0.15) is 26.3 Å². The summed E-state index contributed by atoms with van der Waals surface area (Å²) in [6, 6.07) is 1.69. The van der Waals surface area contributed by atoms with Gasteiger partial charge in [-0.05, 0) is 26.8 Å². The molecule has 0 saturated heterocycles. The maximum absolute atomic E-state index is 13.7. The van der Waals surface area contributed by atoms with Crippen LogP contribution in [0.4, 0.5) is 10.2 Å². The molecule has 0 aromatic carbocycles. The highest BCUT2D eigenvalue weighted by Gasteiger charge is 2.12. The van der Waals surface area contributed by atoms with Gasteiger partial charge in [-0.2, -0.15) is 0 Å². The lowest BCUT2D eigenvalue weighted by atomic mass is 10.1. The Morgan fingerprint density at radius 1 is 1.40 bits per heavy atom. The summed E-state index contributed by atoms with van der Waals surface area (Å²) in [6.07, 6.45) is 1.61. The van der Waals surface area contributed by atoms with Gasteiger partial charge in [-0.1, -0.05) is 0 Å². The lowest BCUT2D eigenvalue weighted by molar-refractivity contribution is 0.418. The van der Waals surface area contributed by atoms with E-state index in [0.717, 1.165) is 0 Å². The fraction of sp³-hybridized carbons (Fsp3) is 0.545. The minimum absolute atomic E-state index is 0.0183. The molecule has 0 spiro atoms. The Morgan fingerprint density at radius 2 is 2.07 bits per heavy atom. The third-order valence-corrected chi connectivity index (χ3v) is 2.02. The normalized spacial score (nSPS) is 11.5. The lowest BCUT2D eigenvalue weighted by Crippen LogP contribution is -2.35. The average Bonchev–Trinajstić information content (AvgIpc) is 2.15. The van der Waals surface area contributed by atoms with Crippen molar-refractivity contribution in [1.29, 1.82) is 0 Å². The van der Waals surface area contributed by atoms with Crippen molar-refractivity contribution in [2.75, 3.05) is 12.4 Å². The SMILES string of the molecule is CNc1nccc(CNC(C)(C)C)c1F. The fourth-order valence-electron chi connectivity index (χ4n) is 1.15. The van der Waals surface area contributed by atoms with Crippen LogP contribution in [0, 0.1) is 5.82 Å². The van der Waals surface area contributed by atoms with Crippen molar-refractivity contribution in [2.45, 2.75) is 32.9 Å². The molecule has 4 heteroatoms. The van der Waals surface area contributed by atoms with Crippen LogP contribution in [0.5, 0.6) is 0 Å². The third kappa shape index (κ3) is 3.47. The Balaban J connectivity index is 2.78. The zero-order valence-corrected chi connectivity index (χ0v) is 9.69. The zero-order chi connectivity index (χ0) is 11.5. The Morgan fingerprint density at radius 3 is 2.60 bits per heavy atom. The summed E-state index contributed by atoms with van der Waals surface area (Å²) in [5.41, 5.74) is 0.611. The van der Waals surface area contributed by atoms with Gasteiger partial charge in [-0.25, -0.2) is 9.37 Å². The van der Waals surface area contributed by atoms with Gasteiger partial charge in [0.1, 0.15) is 0 Å². The zero-order valence-electron chi connectivity index (χ0n) is 9.69. The van der Waals surface area contributed by atoms with Gasteiger partial charge >= 0.3 is 0 Å². The van der Waals surface area contributed by atoms with E-state index in [1.807, 2.05) is 20.8 Å². The summed E-state index contributed by atoms with van der Waals surface area (Å²) in [5, 5.41) is 5.95. The van der Waals surface area contributed by atoms with Crippen LogP contribution >= 0.6 is 0 Å². The average molecular weight is 211 g/mol. The first kappa shape index (κ1) is 11.9. The Kier molecular flexibility index (Phi) is 3.63. The maximum atomic E-state index is 13.7. The number of rotatable bonds is 3. The smallest absolute Gasteiger partial charge is 0.169 e. The van der Waals surface area contributed by atoms with Crippen molar-refractivity contribution < 1.29 is 4.39 Å². The number of halogens is 1. The summed E-state index contributed by atoms with van der Waals surface area (Å²) >= 11 is 0. The second-order valence-corrected chi connectivity index (χ2v) is 4.49. The van der Waals surface area contributed by atoms with Gasteiger partial charge in [0.25, 0.3) is 0 Å². The largest absolute Gasteiger partial charge is 0.371 e. The Bertz CT molecular complexity index is 331. The molecule has 3 nitrogen and oxygen atoms in total. The Hall–Kier alpha value is -1.16. The topological polar surface area (TPSA) is 37.0 Å². The quantitative estimate of drug-likeness (QED) is 0.804. The molecular weight excluding hydrogens is 193 g/mol. The van der Waals surface area contributed by atoms with Crippen molar-refractivity contribution in [3.05, 3.63) is 23.6 Å². The predicted molar refractivity (Wildman–Crippen MR) is 60.3 cm³/mol. The minimum atomic E-state index is -0.281. The molecule has 2 N–H and O–H groups in total. The summed E-state index contributed by atoms with van der Waals surface area (Å²) in [6.45, 7) is 6.65. The van der Waals surface area contributed by atoms with Crippen LogP contribution in [-0.2, 0) is 6.54 Å². The van der Waals surface area contributed by atoms with Crippen molar-refractivity contribution in [3.8, 4) is 0 Å². The molecular formula is C11H18FN3. The molecule has 0 aliphatic carbocycles. The van der Waals surface area contributed by atoms with Crippen LogP contribution in [0.2, 0.25) is 0 Å². The number of aromatic nitrogens is 1. The fourth-order valence-corrected chi connectivity index (χ4v) is 1.15. The first-order chi connectivity index (χ1) is 6.94. The molecule has 0 saturated carbocycles. The van der Waals surface area contributed by atoms with Crippen LogP contribution in [0.15, 0.2) is 12.3 Å². The van der Waals surface area contributed by atoms with Crippen LogP contribution < -0.4 is 10.6 Å². The number of anilines is 1. The van der Waals surface area contributed by atoms with E-state index in [4.69, 9.17) is 0 Å². The van der Waals surface area contributed by atoms with Gasteiger partial charge < -0.3 is 10.6 Å². The summed E-state index contributed by atoms with van der Waals surface area (Å²) < 4.78 is 13.7. The standard InChI is InChI=1S/C11H18FN3/c1-11(2,3)15-7-8-5-6-14-10(13-4)9(8)12/h5-6,15H,7H2,1-4H3,(H,13,14). The van der Waals surface area contributed by atoms with E-state index in [2.05, 4.69) is 15.6 Å². The summed E-state index contributed by atoms with van der Waals surface area (Å²) in [4.78, 5) is 3.89. The second kappa shape index (κ2) is 4.57. The van der Waals surface area contributed by atoms with Gasteiger partial charge in [0.2, 0.25) is 0 Å². The maximum Gasteiger partial charge on any atom is 0.169 e. The van der Waals surface area contributed by atoms with Gasteiger partial charge in [0.15, 0.2) is 11.6 Å². The van der Waals surface area contributed by atoms with Gasteiger partial charge in [-0.15, -0.1) is 0 Å². The first-order valence-electron chi connectivity index (χ1n) is 5.00. The van der Waals surface area contributed by atoms with E-state index >= 15 is 0 Å². The van der Waals surface area contributed by atoms with E-state index in [1.54, 1.807) is 19.3 Å². The molecule has 0 amide bonds. The number of nitrogens with zero attached hydrogens (tertiary/aromatic N) is 1.